The molecule has 3 nitrogen and oxygen atoms in total. The fraction of sp³-hybridized carbons (Fsp3) is 1.00. The molecule has 0 aliphatic rings. The Morgan fingerprint density at radius 2 is 1.94 bits per heavy atom. The molecule has 0 spiro atoms. The van der Waals surface area contributed by atoms with Gasteiger partial charge in [-0.2, -0.15) is 0 Å². The van der Waals surface area contributed by atoms with E-state index >= 15 is 0 Å². The maximum atomic E-state index is 9.70. The van der Waals surface area contributed by atoms with E-state index < -0.39 is 6.10 Å². The van der Waals surface area contributed by atoms with Crippen molar-refractivity contribution in [1.82, 2.24) is 5.32 Å². The molecule has 0 heterocycles. The van der Waals surface area contributed by atoms with Gasteiger partial charge in [0.25, 0.3) is 0 Å². The zero-order chi connectivity index (χ0) is 13.3. The minimum absolute atomic E-state index is 0.267. The predicted molar refractivity (Wildman–Crippen MR) is 73.2 cm³/mol. The van der Waals surface area contributed by atoms with Crippen LogP contribution in [-0.2, 0) is 4.74 Å². The number of aliphatic hydroxyl groups is 1. The van der Waals surface area contributed by atoms with E-state index in [1.54, 1.807) is 0 Å². The van der Waals surface area contributed by atoms with Gasteiger partial charge in [0.1, 0.15) is 0 Å². The lowest BCUT2D eigenvalue weighted by molar-refractivity contribution is 0.0342. The molecule has 0 aromatic carbocycles. The summed E-state index contributed by atoms with van der Waals surface area (Å²) in [5, 5.41) is 13.0. The molecule has 0 amide bonds. The van der Waals surface area contributed by atoms with Gasteiger partial charge in [0.15, 0.2) is 0 Å². The van der Waals surface area contributed by atoms with E-state index in [-0.39, 0.29) is 5.41 Å². The lowest BCUT2D eigenvalue weighted by Crippen LogP contribution is -2.38. The topological polar surface area (TPSA) is 41.5 Å². The molecule has 0 aromatic heterocycles. The molecular weight excluding hydrogens is 214 g/mol. The minimum atomic E-state index is -0.394. The second-order valence-electron chi connectivity index (χ2n) is 5.86. The van der Waals surface area contributed by atoms with Crippen LogP contribution in [0, 0.1) is 11.3 Å². The highest BCUT2D eigenvalue weighted by Crippen LogP contribution is 2.24. The fourth-order valence-electron chi connectivity index (χ4n) is 1.29. The third-order valence-electron chi connectivity index (χ3n) is 3.48. The van der Waals surface area contributed by atoms with Crippen molar-refractivity contribution >= 4 is 0 Å². The van der Waals surface area contributed by atoms with E-state index in [4.69, 9.17) is 4.74 Å². The van der Waals surface area contributed by atoms with Crippen molar-refractivity contribution in [2.45, 2.75) is 53.6 Å². The second-order valence-corrected chi connectivity index (χ2v) is 5.86. The molecule has 0 aromatic rings. The van der Waals surface area contributed by atoms with Crippen molar-refractivity contribution in [3.63, 3.8) is 0 Å². The number of hydrogen-bond acceptors (Lipinski definition) is 3. The molecule has 0 aliphatic carbocycles. The molecule has 1 atom stereocenters. The third-order valence-corrected chi connectivity index (χ3v) is 3.48. The van der Waals surface area contributed by atoms with Crippen LogP contribution in [0.3, 0.4) is 0 Å². The Kier molecular flexibility index (Phi) is 8.83. The SMILES string of the molecule is CCCCOCC(O)CNCC(C)(C)C(C)C. The van der Waals surface area contributed by atoms with E-state index in [0.29, 0.717) is 19.1 Å². The van der Waals surface area contributed by atoms with Crippen molar-refractivity contribution in [1.29, 1.82) is 0 Å². The molecule has 0 saturated carbocycles. The number of rotatable bonds is 10. The molecule has 0 saturated heterocycles. The van der Waals surface area contributed by atoms with Crippen molar-refractivity contribution in [2.75, 3.05) is 26.3 Å². The average molecular weight is 245 g/mol. The van der Waals surface area contributed by atoms with Gasteiger partial charge in [-0.1, -0.05) is 41.0 Å². The zero-order valence-electron chi connectivity index (χ0n) is 12.3. The Balaban J connectivity index is 3.54. The second kappa shape index (κ2) is 8.90. The maximum absolute atomic E-state index is 9.70. The summed E-state index contributed by atoms with van der Waals surface area (Å²) in [6.45, 7) is 13.8. The van der Waals surface area contributed by atoms with Crippen LogP contribution in [0.5, 0.6) is 0 Å². The molecule has 3 heteroatoms. The van der Waals surface area contributed by atoms with Gasteiger partial charge in [-0.15, -0.1) is 0 Å². The van der Waals surface area contributed by atoms with E-state index in [1.165, 1.54) is 0 Å². The highest BCUT2D eigenvalue weighted by atomic mass is 16.5. The summed E-state index contributed by atoms with van der Waals surface area (Å²) in [5.41, 5.74) is 0.267. The summed E-state index contributed by atoms with van der Waals surface area (Å²) in [7, 11) is 0. The molecule has 0 bridgehead atoms. The highest BCUT2D eigenvalue weighted by Gasteiger charge is 2.21. The van der Waals surface area contributed by atoms with E-state index in [9.17, 15) is 5.11 Å². The molecule has 2 N–H and O–H groups in total. The van der Waals surface area contributed by atoms with Gasteiger partial charge in [-0.25, -0.2) is 0 Å². The Morgan fingerprint density at radius 1 is 1.29 bits per heavy atom. The lowest BCUT2D eigenvalue weighted by Gasteiger charge is -2.30. The summed E-state index contributed by atoms with van der Waals surface area (Å²) >= 11 is 0. The zero-order valence-corrected chi connectivity index (χ0v) is 12.3. The molecule has 0 radical (unpaired) electrons. The Morgan fingerprint density at radius 3 is 2.47 bits per heavy atom. The van der Waals surface area contributed by atoms with Gasteiger partial charge in [0, 0.05) is 19.7 Å². The number of nitrogens with one attached hydrogen (secondary N) is 1. The van der Waals surface area contributed by atoms with E-state index in [2.05, 4.69) is 39.9 Å². The fourth-order valence-corrected chi connectivity index (χ4v) is 1.29. The molecule has 0 fully saturated rings. The number of aliphatic hydroxyl groups excluding tert-OH is 1. The van der Waals surface area contributed by atoms with Crippen LogP contribution in [0.2, 0.25) is 0 Å². The molecule has 0 rings (SSSR count). The minimum Gasteiger partial charge on any atom is -0.389 e. The first-order chi connectivity index (χ1) is 7.90. The van der Waals surface area contributed by atoms with Gasteiger partial charge in [0.05, 0.1) is 12.7 Å². The Labute approximate surface area is 107 Å². The molecule has 0 aliphatic heterocycles. The summed E-state index contributed by atoms with van der Waals surface area (Å²) < 4.78 is 5.38. The van der Waals surface area contributed by atoms with E-state index in [0.717, 1.165) is 26.0 Å². The highest BCUT2D eigenvalue weighted by molar-refractivity contribution is 4.75. The first-order valence-corrected chi connectivity index (χ1v) is 6.86. The van der Waals surface area contributed by atoms with Gasteiger partial charge < -0.3 is 15.2 Å². The maximum Gasteiger partial charge on any atom is 0.0897 e. The monoisotopic (exact) mass is 245 g/mol. The Hall–Kier alpha value is -0.120. The van der Waals surface area contributed by atoms with Crippen LogP contribution >= 0.6 is 0 Å². The molecular formula is C14H31NO2. The van der Waals surface area contributed by atoms with Crippen molar-refractivity contribution < 1.29 is 9.84 Å². The summed E-state index contributed by atoms with van der Waals surface area (Å²) in [6, 6.07) is 0. The first-order valence-electron chi connectivity index (χ1n) is 6.86. The van der Waals surface area contributed by atoms with Crippen LogP contribution in [-0.4, -0.2) is 37.5 Å². The molecule has 1 unspecified atom stereocenters. The summed E-state index contributed by atoms with van der Waals surface area (Å²) in [4.78, 5) is 0. The number of hydrogen-bond donors (Lipinski definition) is 2. The van der Waals surface area contributed by atoms with Crippen molar-refractivity contribution in [3.05, 3.63) is 0 Å². The van der Waals surface area contributed by atoms with Gasteiger partial charge in [0.2, 0.25) is 0 Å². The van der Waals surface area contributed by atoms with Crippen LogP contribution in [0.1, 0.15) is 47.5 Å². The van der Waals surface area contributed by atoms with Crippen LogP contribution in [0.4, 0.5) is 0 Å². The predicted octanol–water partition coefficient (Wildman–Crippen LogP) is 2.44. The number of ether oxygens (including phenoxy) is 1. The number of unbranched alkanes of at least 4 members (excludes halogenated alkanes) is 1. The normalized spacial score (nSPS) is 14.3. The summed E-state index contributed by atoms with van der Waals surface area (Å²) in [6.07, 6.45) is 1.81. The average Bonchev–Trinajstić information content (AvgIpc) is 2.24. The van der Waals surface area contributed by atoms with Crippen LogP contribution in [0.15, 0.2) is 0 Å². The van der Waals surface area contributed by atoms with Gasteiger partial charge >= 0.3 is 0 Å². The van der Waals surface area contributed by atoms with Crippen LogP contribution < -0.4 is 5.32 Å². The van der Waals surface area contributed by atoms with E-state index in [1.807, 2.05) is 0 Å². The lowest BCUT2D eigenvalue weighted by atomic mass is 9.81. The molecule has 104 valence electrons. The van der Waals surface area contributed by atoms with Gasteiger partial charge in [-0.3, -0.25) is 0 Å². The van der Waals surface area contributed by atoms with Gasteiger partial charge in [-0.05, 0) is 17.8 Å². The van der Waals surface area contributed by atoms with Crippen molar-refractivity contribution in [3.8, 4) is 0 Å². The standard InChI is InChI=1S/C14H31NO2/c1-6-7-8-17-10-13(16)9-15-11-14(4,5)12(2)3/h12-13,15-16H,6-11H2,1-5H3. The van der Waals surface area contributed by atoms with Crippen LogP contribution in [0.25, 0.3) is 0 Å². The smallest absolute Gasteiger partial charge is 0.0897 e. The van der Waals surface area contributed by atoms with Crippen molar-refractivity contribution in [2.24, 2.45) is 11.3 Å². The summed E-state index contributed by atoms with van der Waals surface area (Å²) in [5.74, 6) is 0.632. The quantitative estimate of drug-likeness (QED) is 0.581. The molecule has 17 heavy (non-hydrogen) atoms. The Bertz CT molecular complexity index is 181. The largest absolute Gasteiger partial charge is 0.389 e. The third kappa shape index (κ3) is 8.58. The first kappa shape index (κ1) is 16.9.